The molecule has 0 aromatic heterocycles. The number of nitro groups is 1. The number of rotatable bonds is 8. The van der Waals surface area contributed by atoms with Crippen molar-refractivity contribution >= 4 is 11.7 Å². The van der Waals surface area contributed by atoms with Crippen LogP contribution in [0.4, 0.5) is 5.69 Å². The summed E-state index contributed by atoms with van der Waals surface area (Å²) in [6.07, 6.45) is 2.53. The van der Waals surface area contributed by atoms with Gasteiger partial charge in [-0.2, -0.15) is 5.26 Å². The molecule has 29 heavy (non-hydrogen) atoms. The summed E-state index contributed by atoms with van der Waals surface area (Å²) in [5.74, 6) is -0.921. The first-order chi connectivity index (χ1) is 13.9. The molecule has 1 aliphatic rings. The predicted molar refractivity (Wildman–Crippen MR) is 109 cm³/mol. The second-order valence-electron chi connectivity index (χ2n) is 7.40. The zero-order chi connectivity index (χ0) is 21.0. The standard InChI is InChI=1S/C22H23N3O4/c1-15(25(28)29)11-16-12-18-8-10-24(21(18)19(13-16)14-23)9-4-6-17-5-2-3-7-20(17)22(26)27/h2-3,5,7,12-13,15H,4,6,8-11H2,1H3,(H,26,27). The van der Waals surface area contributed by atoms with E-state index in [4.69, 9.17) is 0 Å². The molecular weight excluding hydrogens is 370 g/mol. The van der Waals surface area contributed by atoms with Gasteiger partial charge >= 0.3 is 5.97 Å². The van der Waals surface area contributed by atoms with Crippen LogP contribution in [0, 0.1) is 21.4 Å². The smallest absolute Gasteiger partial charge is 0.335 e. The Bertz CT molecular complexity index is 981. The third-order valence-electron chi connectivity index (χ3n) is 5.35. The molecule has 1 N–H and O–H groups in total. The monoisotopic (exact) mass is 393 g/mol. The van der Waals surface area contributed by atoms with Gasteiger partial charge in [0.2, 0.25) is 6.04 Å². The van der Waals surface area contributed by atoms with Crippen molar-refractivity contribution in [1.29, 1.82) is 5.26 Å². The van der Waals surface area contributed by atoms with Crippen molar-refractivity contribution < 1.29 is 14.8 Å². The van der Waals surface area contributed by atoms with Crippen LogP contribution in [0.1, 0.15) is 46.0 Å². The summed E-state index contributed by atoms with van der Waals surface area (Å²) < 4.78 is 0. The van der Waals surface area contributed by atoms with Gasteiger partial charge < -0.3 is 10.0 Å². The molecule has 0 saturated heterocycles. The van der Waals surface area contributed by atoms with Gasteiger partial charge in [0.15, 0.2) is 0 Å². The highest BCUT2D eigenvalue weighted by Gasteiger charge is 2.24. The first-order valence-electron chi connectivity index (χ1n) is 9.66. The van der Waals surface area contributed by atoms with Gasteiger partial charge in [0.25, 0.3) is 0 Å². The lowest BCUT2D eigenvalue weighted by Crippen LogP contribution is -2.23. The molecule has 0 fully saturated rings. The van der Waals surface area contributed by atoms with Crippen molar-refractivity contribution in [2.45, 2.75) is 38.6 Å². The van der Waals surface area contributed by atoms with E-state index in [1.165, 1.54) is 0 Å². The van der Waals surface area contributed by atoms with Gasteiger partial charge in [0, 0.05) is 31.4 Å². The molecule has 0 spiro atoms. The van der Waals surface area contributed by atoms with Crippen LogP contribution in [-0.2, 0) is 19.3 Å². The number of anilines is 1. The Morgan fingerprint density at radius 1 is 1.38 bits per heavy atom. The van der Waals surface area contributed by atoms with E-state index < -0.39 is 12.0 Å². The fraction of sp³-hybridized carbons (Fsp3) is 0.364. The Balaban J connectivity index is 1.72. The van der Waals surface area contributed by atoms with Gasteiger partial charge in [0.05, 0.1) is 16.8 Å². The van der Waals surface area contributed by atoms with Crippen molar-refractivity contribution in [1.82, 2.24) is 0 Å². The highest BCUT2D eigenvalue weighted by atomic mass is 16.6. The third kappa shape index (κ3) is 4.54. The zero-order valence-corrected chi connectivity index (χ0v) is 16.3. The van der Waals surface area contributed by atoms with Crippen LogP contribution in [0.25, 0.3) is 0 Å². The van der Waals surface area contributed by atoms with Crippen LogP contribution in [0.2, 0.25) is 0 Å². The summed E-state index contributed by atoms with van der Waals surface area (Å²) >= 11 is 0. The number of aryl methyl sites for hydroxylation is 1. The van der Waals surface area contributed by atoms with E-state index in [0.29, 0.717) is 24.0 Å². The number of nitriles is 1. The number of fused-ring (bicyclic) bond motifs is 1. The van der Waals surface area contributed by atoms with Crippen LogP contribution >= 0.6 is 0 Å². The summed E-state index contributed by atoms with van der Waals surface area (Å²) in [4.78, 5) is 24.2. The number of aromatic carboxylic acids is 1. The van der Waals surface area contributed by atoms with E-state index in [1.807, 2.05) is 18.2 Å². The Kier molecular flexibility index (Phi) is 6.13. The zero-order valence-electron chi connectivity index (χ0n) is 16.3. The minimum Gasteiger partial charge on any atom is -0.478 e. The molecule has 0 saturated carbocycles. The molecule has 7 nitrogen and oxygen atoms in total. The molecule has 3 rings (SSSR count). The number of carboxylic acid groups (broad SMARTS) is 1. The number of carboxylic acids is 1. The van der Waals surface area contributed by atoms with Gasteiger partial charge in [-0.3, -0.25) is 10.1 Å². The quantitative estimate of drug-likeness (QED) is 0.544. The minimum absolute atomic E-state index is 0.305. The highest BCUT2D eigenvalue weighted by molar-refractivity contribution is 5.89. The summed E-state index contributed by atoms with van der Waals surface area (Å²) in [7, 11) is 0. The minimum atomic E-state index is -0.921. The first-order valence-corrected chi connectivity index (χ1v) is 9.66. The predicted octanol–water partition coefficient (Wildman–Crippen LogP) is 3.46. The molecule has 2 aromatic rings. The lowest BCUT2D eigenvalue weighted by Gasteiger charge is -2.21. The number of benzene rings is 2. The van der Waals surface area contributed by atoms with Crippen molar-refractivity contribution in [2.75, 3.05) is 18.0 Å². The maximum absolute atomic E-state index is 11.4. The fourth-order valence-electron chi connectivity index (χ4n) is 3.94. The van der Waals surface area contributed by atoms with E-state index >= 15 is 0 Å². The average Bonchev–Trinajstić information content (AvgIpc) is 3.10. The SMILES string of the molecule is CC(Cc1cc(C#N)c2c(c1)CCN2CCCc1ccccc1C(=O)O)[N+](=O)[O-]. The van der Waals surface area contributed by atoms with Gasteiger partial charge in [-0.15, -0.1) is 0 Å². The molecule has 1 heterocycles. The van der Waals surface area contributed by atoms with Gasteiger partial charge in [-0.25, -0.2) is 4.79 Å². The Labute approximate surface area is 169 Å². The average molecular weight is 393 g/mol. The topological polar surface area (TPSA) is 107 Å². The highest BCUT2D eigenvalue weighted by Crippen LogP contribution is 2.33. The van der Waals surface area contributed by atoms with Crippen LogP contribution in [-0.4, -0.2) is 35.1 Å². The molecular formula is C22H23N3O4. The maximum Gasteiger partial charge on any atom is 0.335 e. The van der Waals surface area contributed by atoms with E-state index in [1.54, 1.807) is 25.1 Å². The van der Waals surface area contributed by atoms with Crippen molar-refractivity contribution in [3.8, 4) is 6.07 Å². The van der Waals surface area contributed by atoms with Crippen LogP contribution in [0.5, 0.6) is 0 Å². The molecule has 150 valence electrons. The number of hydrogen-bond acceptors (Lipinski definition) is 5. The fourth-order valence-corrected chi connectivity index (χ4v) is 3.94. The number of nitrogens with zero attached hydrogens (tertiary/aromatic N) is 3. The van der Waals surface area contributed by atoms with Crippen LogP contribution < -0.4 is 4.90 Å². The van der Waals surface area contributed by atoms with Gasteiger partial charge in [0.1, 0.15) is 6.07 Å². The largest absolute Gasteiger partial charge is 0.478 e. The number of carbonyl (C=O) groups is 1. The summed E-state index contributed by atoms with van der Waals surface area (Å²) in [5.41, 5.74) is 4.48. The van der Waals surface area contributed by atoms with E-state index in [2.05, 4.69) is 11.0 Å². The normalized spacial score (nSPS) is 13.6. The second-order valence-corrected chi connectivity index (χ2v) is 7.40. The molecule has 1 unspecified atom stereocenters. The van der Waals surface area contributed by atoms with Crippen molar-refractivity contribution in [2.24, 2.45) is 0 Å². The van der Waals surface area contributed by atoms with Gasteiger partial charge in [-0.1, -0.05) is 24.3 Å². The molecule has 0 aliphatic carbocycles. The Morgan fingerprint density at radius 3 is 2.83 bits per heavy atom. The molecule has 1 atom stereocenters. The molecule has 2 aromatic carbocycles. The summed E-state index contributed by atoms with van der Waals surface area (Å²) in [6.45, 7) is 3.08. The van der Waals surface area contributed by atoms with Crippen LogP contribution in [0.3, 0.4) is 0 Å². The van der Waals surface area contributed by atoms with E-state index in [9.17, 15) is 25.3 Å². The van der Waals surface area contributed by atoms with Crippen molar-refractivity contribution in [3.05, 3.63) is 74.3 Å². The molecule has 0 bridgehead atoms. The van der Waals surface area contributed by atoms with Crippen molar-refractivity contribution in [3.63, 3.8) is 0 Å². The lowest BCUT2D eigenvalue weighted by molar-refractivity contribution is -0.517. The molecule has 1 aliphatic heterocycles. The second kappa shape index (κ2) is 8.74. The third-order valence-corrected chi connectivity index (χ3v) is 5.35. The molecule has 7 heteroatoms. The van der Waals surface area contributed by atoms with Crippen LogP contribution in [0.15, 0.2) is 36.4 Å². The summed E-state index contributed by atoms with van der Waals surface area (Å²) in [6, 6.07) is 12.3. The number of hydrogen-bond donors (Lipinski definition) is 1. The summed E-state index contributed by atoms with van der Waals surface area (Å²) in [5, 5.41) is 29.9. The van der Waals surface area contributed by atoms with E-state index in [-0.39, 0.29) is 4.92 Å². The molecule has 0 radical (unpaired) electrons. The Morgan fingerprint density at radius 2 is 2.14 bits per heavy atom. The van der Waals surface area contributed by atoms with E-state index in [0.717, 1.165) is 48.3 Å². The molecule has 0 amide bonds. The first kappa shape index (κ1) is 20.3. The lowest BCUT2D eigenvalue weighted by atomic mass is 9.99. The Hall–Kier alpha value is -3.40. The maximum atomic E-state index is 11.4. The van der Waals surface area contributed by atoms with Gasteiger partial charge in [-0.05, 0) is 48.1 Å².